The molecular weight excluding hydrogens is 234 g/mol. The Morgan fingerprint density at radius 1 is 1.28 bits per heavy atom. The average Bonchev–Trinajstić information content (AvgIpc) is 2.93. The largest absolute Gasteiger partial charge is 0.407 e. The second kappa shape index (κ2) is 5.63. The lowest BCUT2D eigenvalue weighted by Gasteiger charge is -2.03. The summed E-state index contributed by atoms with van der Waals surface area (Å²) in [5, 5.41) is 17.8. The van der Waals surface area contributed by atoms with Gasteiger partial charge in [-0.1, -0.05) is 24.1 Å². The Bertz CT molecular complexity index is 491. The van der Waals surface area contributed by atoms with Crippen LogP contribution in [0.3, 0.4) is 0 Å². The van der Waals surface area contributed by atoms with E-state index in [1.165, 1.54) is 0 Å². The van der Waals surface area contributed by atoms with Gasteiger partial charge < -0.3 is 19.6 Å². The molecule has 2 rings (SSSR count). The molecule has 0 amide bonds. The number of hydrogen-bond acceptors (Lipinski definition) is 7. The summed E-state index contributed by atoms with van der Waals surface area (Å²) in [6, 6.07) is 2.61. The van der Waals surface area contributed by atoms with Crippen molar-refractivity contribution in [1.82, 2.24) is 20.7 Å². The monoisotopic (exact) mass is 251 g/mol. The minimum Gasteiger partial charge on any atom is -0.407 e. The lowest BCUT2D eigenvalue weighted by atomic mass is 10.4. The van der Waals surface area contributed by atoms with E-state index < -0.39 is 0 Å². The Hall–Kier alpha value is -1.89. The lowest BCUT2D eigenvalue weighted by Crippen LogP contribution is -2.21. The molecule has 0 saturated heterocycles. The van der Waals surface area contributed by atoms with E-state index >= 15 is 0 Å². The predicted molar refractivity (Wildman–Crippen MR) is 64.8 cm³/mol. The summed E-state index contributed by atoms with van der Waals surface area (Å²) in [7, 11) is 0. The van der Waals surface area contributed by atoms with Crippen LogP contribution in [0.4, 0.5) is 6.01 Å². The van der Waals surface area contributed by atoms with Crippen molar-refractivity contribution in [2.45, 2.75) is 39.9 Å². The molecule has 0 spiro atoms. The Balaban J connectivity index is 1.83. The molecule has 0 unspecified atom stereocenters. The van der Waals surface area contributed by atoms with Gasteiger partial charge in [0.05, 0.1) is 18.8 Å². The van der Waals surface area contributed by atoms with Crippen LogP contribution in [0.1, 0.15) is 31.2 Å². The van der Waals surface area contributed by atoms with Crippen LogP contribution >= 0.6 is 0 Å². The molecule has 0 bridgehead atoms. The van der Waals surface area contributed by atoms with Gasteiger partial charge >= 0.3 is 6.01 Å². The van der Waals surface area contributed by atoms with Gasteiger partial charge in [0.1, 0.15) is 0 Å². The first-order valence-corrected chi connectivity index (χ1v) is 5.85. The minimum atomic E-state index is 0.379. The van der Waals surface area contributed by atoms with Crippen molar-refractivity contribution >= 4 is 6.01 Å². The number of aryl methyl sites for hydroxylation is 1. The van der Waals surface area contributed by atoms with Gasteiger partial charge in [0.25, 0.3) is 0 Å². The molecule has 7 nitrogen and oxygen atoms in total. The molecular formula is C11H17N5O2. The van der Waals surface area contributed by atoms with Crippen molar-refractivity contribution in [2.24, 2.45) is 0 Å². The van der Waals surface area contributed by atoms with Crippen LogP contribution in [0.2, 0.25) is 0 Å². The van der Waals surface area contributed by atoms with E-state index in [4.69, 9.17) is 8.94 Å². The second-order valence-corrected chi connectivity index (χ2v) is 4.32. The molecule has 0 saturated carbocycles. The molecule has 0 aromatic carbocycles. The summed E-state index contributed by atoms with van der Waals surface area (Å²) in [4.78, 5) is 0. The number of nitrogens with zero attached hydrogens (tertiary/aromatic N) is 3. The quantitative estimate of drug-likeness (QED) is 0.803. The van der Waals surface area contributed by atoms with Gasteiger partial charge in [-0.15, -0.1) is 5.10 Å². The van der Waals surface area contributed by atoms with Gasteiger partial charge in [-0.05, 0) is 6.92 Å². The van der Waals surface area contributed by atoms with Crippen LogP contribution in [-0.2, 0) is 13.1 Å². The SMILES string of the molecule is Cc1cc(CNc2nnc(CNC(C)C)o2)on1. The van der Waals surface area contributed by atoms with Crippen LogP contribution in [0, 0.1) is 6.92 Å². The molecule has 2 N–H and O–H groups in total. The highest BCUT2D eigenvalue weighted by atomic mass is 16.5. The molecule has 0 atom stereocenters. The topological polar surface area (TPSA) is 89.0 Å². The number of rotatable bonds is 6. The standard InChI is InChI=1S/C11H17N5O2/c1-7(2)12-6-10-14-15-11(17-10)13-5-9-4-8(3)16-18-9/h4,7,12H,5-6H2,1-3H3,(H,13,15). The third-order valence-electron chi connectivity index (χ3n) is 2.22. The molecule has 0 aliphatic carbocycles. The van der Waals surface area contributed by atoms with Crippen LogP contribution in [0.15, 0.2) is 15.0 Å². The highest BCUT2D eigenvalue weighted by Crippen LogP contribution is 2.08. The van der Waals surface area contributed by atoms with Crippen molar-refractivity contribution in [3.8, 4) is 0 Å². The third-order valence-corrected chi connectivity index (χ3v) is 2.22. The zero-order valence-corrected chi connectivity index (χ0v) is 10.7. The summed E-state index contributed by atoms with van der Waals surface area (Å²) in [6.45, 7) is 7.02. The van der Waals surface area contributed by atoms with E-state index in [1.54, 1.807) is 0 Å². The van der Waals surface area contributed by atoms with Gasteiger partial charge in [-0.3, -0.25) is 0 Å². The maximum atomic E-state index is 5.40. The molecule has 7 heteroatoms. The van der Waals surface area contributed by atoms with Gasteiger partial charge in [0.15, 0.2) is 5.76 Å². The fourth-order valence-corrected chi connectivity index (χ4v) is 1.35. The highest BCUT2D eigenvalue weighted by Gasteiger charge is 2.07. The first-order chi connectivity index (χ1) is 8.63. The summed E-state index contributed by atoms with van der Waals surface area (Å²) < 4.78 is 10.5. The number of aromatic nitrogens is 3. The van der Waals surface area contributed by atoms with Crippen molar-refractivity contribution in [2.75, 3.05) is 5.32 Å². The average molecular weight is 251 g/mol. The van der Waals surface area contributed by atoms with Crippen LogP contribution in [-0.4, -0.2) is 21.4 Å². The molecule has 0 radical (unpaired) electrons. The smallest absolute Gasteiger partial charge is 0.315 e. The summed E-state index contributed by atoms with van der Waals surface area (Å²) >= 11 is 0. The zero-order chi connectivity index (χ0) is 13.0. The van der Waals surface area contributed by atoms with E-state index in [0.29, 0.717) is 31.0 Å². The number of anilines is 1. The molecule has 18 heavy (non-hydrogen) atoms. The van der Waals surface area contributed by atoms with Crippen LogP contribution in [0.25, 0.3) is 0 Å². The molecule has 0 aliphatic rings. The number of nitrogens with one attached hydrogen (secondary N) is 2. The predicted octanol–water partition coefficient (Wildman–Crippen LogP) is 1.48. The molecule has 2 aromatic rings. The van der Waals surface area contributed by atoms with E-state index in [9.17, 15) is 0 Å². The Kier molecular flexibility index (Phi) is 3.93. The molecule has 98 valence electrons. The molecule has 2 heterocycles. The van der Waals surface area contributed by atoms with Crippen LogP contribution < -0.4 is 10.6 Å². The normalized spacial score (nSPS) is 11.1. The Labute approximate surface area is 105 Å². The summed E-state index contributed by atoms with van der Waals surface area (Å²) in [5.74, 6) is 1.28. The summed E-state index contributed by atoms with van der Waals surface area (Å²) in [6.07, 6.45) is 0. The number of hydrogen-bond donors (Lipinski definition) is 2. The van der Waals surface area contributed by atoms with Crippen molar-refractivity contribution < 1.29 is 8.94 Å². The van der Waals surface area contributed by atoms with Crippen molar-refractivity contribution in [3.63, 3.8) is 0 Å². The van der Waals surface area contributed by atoms with Crippen molar-refractivity contribution in [1.29, 1.82) is 0 Å². The highest BCUT2D eigenvalue weighted by molar-refractivity contribution is 5.19. The fraction of sp³-hybridized carbons (Fsp3) is 0.545. The maximum absolute atomic E-state index is 5.40. The Morgan fingerprint density at radius 3 is 2.78 bits per heavy atom. The first-order valence-electron chi connectivity index (χ1n) is 5.85. The molecule has 0 fully saturated rings. The Morgan fingerprint density at radius 2 is 2.11 bits per heavy atom. The van der Waals surface area contributed by atoms with Gasteiger partial charge in [-0.25, -0.2) is 0 Å². The fourth-order valence-electron chi connectivity index (χ4n) is 1.35. The van der Waals surface area contributed by atoms with Crippen molar-refractivity contribution in [3.05, 3.63) is 23.4 Å². The minimum absolute atomic E-state index is 0.379. The lowest BCUT2D eigenvalue weighted by molar-refractivity contribution is 0.382. The van der Waals surface area contributed by atoms with Gasteiger partial charge in [0, 0.05) is 12.1 Å². The third kappa shape index (κ3) is 3.56. The van der Waals surface area contributed by atoms with Crippen LogP contribution in [0.5, 0.6) is 0 Å². The second-order valence-electron chi connectivity index (χ2n) is 4.32. The molecule has 2 aromatic heterocycles. The van der Waals surface area contributed by atoms with Gasteiger partial charge in [-0.2, -0.15) is 0 Å². The summed E-state index contributed by atoms with van der Waals surface area (Å²) in [5.41, 5.74) is 0.846. The molecule has 0 aliphatic heterocycles. The van der Waals surface area contributed by atoms with E-state index in [0.717, 1.165) is 11.5 Å². The first kappa shape index (κ1) is 12.6. The zero-order valence-electron chi connectivity index (χ0n) is 10.7. The maximum Gasteiger partial charge on any atom is 0.315 e. The van der Waals surface area contributed by atoms with E-state index in [1.807, 2.05) is 13.0 Å². The van der Waals surface area contributed by atoms with E-state index in [-0.39, 0.29) is 0 Å². The van der Waals surface area contributed by atoms with E-state index in [2.05, 4.69) is 39.8 Å². The van der Waals surface area contributed by atoms with Gasteiger partial charge in [0.2, 0.25) is 5.89 Å².